The highest BCUT2D eigenvalue weighted by Gasteiger charge is 2.04. The summed E-state index contributed by atoms with van der Waals surface area (Å²) >= 11 is 5.90. The van der Waals surface area contributed by atoms with Gasteiger partial charge in [0.15, 0.2) is 0 Å². The van der Waals surface area contributed by atoms with Crippen molar-refractivity contribution in [2.24, 2.45) is 0 Å². The van der Waals surface area contributed by atoms with E-state index < -0.39 is 0 Å². The summed E-state index contributed by atoms with van der Waals surface area (Å²) < 4.78 is 4.96. The molecule has 0 amide bonds. The van der Waals surface area contributed by atoms with E-state index in [2.05, 4.69) is 10.5 Å². The Labute approximate surface area is 98.4 Å². The third-order valence-electron chi connectivity index (χ3n) is 2.19. The van der Waals surface area contributed by atoms with Gasteiger partial charge in [-0.15, -0.1) is 0 Å². The molecule has 84 valence electrons. The van der Waals surface area contributed by atoms with Crippen LogP contribution in [-0.4, -0.2) is 5.16 Å². The summed E-state index contributed by atoms with van der Waals surface area (Å²) in [6.45, 7) is 2.41. The molecule has 0 radical (unpaired) electrons. The summed E-state index contributed by atoms with van der Waals surface area (Å²) in [5.74, 6) is 0.788. The summed E-state index contributed by atoms with van der Waals surface area (Å²) in [6.07, 6.45) is 0. The number of aromatic nitrogens is 1. The number of halogens is 1. The zero-order valence-electron chi connectivity index (χ0n) is 8.83. The van der Waals surface area contributed by atoms with E-state index in [4.69, 9.17) is 21.9 Å². The van der Waals surface area contributed by atoms with Gasteiger partial charge < -0.3 is 15.6 Å². The van der Waals surface area contributed by atoms with Gasteiger partial charge >= 0.3 is 0 Å². The fraction of sp³-hybridized carbons (Fsp3) is 0.182. The molecule has 2 aromatic rings. The third-order valence-corrected chi connectivity index (χ3v) is 2.52. The summed E-state index contributed by atoms with van der Waals surface area (Å²) in [5, 5.41) is 7.57. The molecule has 0 unspecified atom stereocenters. The van der Waals surface area contributed by atoms with Crippen molar-refractivity contribution in [2.45, 2.75) is 13.5 Å². The highest BCUT2D eigenvalue weighted by molar-refractivity contribution is 6.33. The molecule has 1 aromatic carbocycles. The van der Waals surface area contributed by atoms with Crippen molar-refractivity contribution in [3.05, 3.63) is 40.7 Å². The summed E-state index contributed by atoms with van der Waals surface area (Å²) in [7, 11) is 0. The summed E-state index contributed by atoms with van der Waals surface area (Å²) in [6, 6.07) is 7.33. The van der Waals surface area contributed by atoms with E-state index in [9.17, 15) is 0 Å². The number of nitrogen functional groups attached to an aromatic ring is 1. The van der Waals surface area contributed by atoms with Crippen LogP contribution in [0.25, 0.3) is 0 Å². The zero-order chi connectivity index (χ0) is 11.5. The molecule has 4 nitrogen and oxygen atoms in total. The van der Waals surface area contributed by atoms with E-state index in [1.807, 2.05) is 25.1 Å². The molecule has 0 saturated heterocycles. The van der Waals surface area contributed by atoms with Gasteiger partial charge in [-0.05, 0) is 19.1 Å². The number of hydrogen-bond donors (Lipinski definition) is 2. The predicted octanol–water partition coefficient (Wildman–Crippen LogP) is 2.83. The smallest absolute Gasteiger partial charge is 0.133 e. The van der Waals surface area contributed by atoms with Crippen LogP contribution in [0.15, 0.2) is 28.8 Å². The molecule has 5 heteroatoms. The van der Waals surface area contributed by atoms with Crippen LogP contribution in [0.1, 0.15) is 11.5 Å². The van der Waals surface area contributed by atoms with Crippen molar-refractivity contribution < 1.29 is 4.52 Å². The number of aryl methyl sites for hydroxylation is 1. The molecule has 0 aliphatic heterocycles. The molecule has 2 rings (SSSR count). The zero-order valence-corrected chi connectivity index (χ0v) is 9.58. The molecule has 3 N–H and O–H groups in total. The van der Waals surface area contributed by atoms with Gasteiger partial charge in [-0.25, -0.2) is 0 Å². The highest BCUT2D eigenvalue weighted by atomic mass is 35.5. The minimum atomic E-state index is 0.543. The average molecular weight is 238 g/mol. The first-order chi connectivity index (χ1) is 7.66. The SMILES string of the molecule is Cc1cc(CNc2cccc(Cl)c2N)no1. The topological polar surface area (TPSA) is 64.1 Å². The number of nitrogens with one attached hydrogen (secondary N) is 1. The molecular weight excluding hydrogens is 226 g/mol. The minimum Gasteiger partial charge on any atom is -0.396 e. The van der Waals surface area contributed by atoms with Gasteiger partial charge in [0.1, 0.15) is 11.5 Å². The van der Waals surface area contributed by atoms with Gasteiger partial charge in [-0.1, -0.05) is 22.8 Å². The Kier molecular flexibility index (Phi) is 3.01. The number of nitrogens with zero attached hydrogens (tertiary/aromatic N) is 1. The first kappa shape index (κ1) is 10.8. The monoisotopic (exact) mass is 237 g/mol. The van der Waals surface area contributed by atoms with E-state index in [-0.39, 0.29) is 0 Å². The van der Waals surface area contributed by atoms with E-state index in [1.54, 1.807) is 6.07 Å². The molecule has 1 aromatic heterocycles. The molecule has 16 heavy (non-hydrogen) atoms. The molecule has 0 atom stereocenters. The molecule has 0 bridgehead atoms. The van der Waals surface area contributed by atoms with Gasteiger partial charge in [-0.3, -0.25) is 0 Å². The Bertz CT molecular complexity index is 496. The third kappa shape index (κ3) is 2.28. The average Bonchev–Trinajstić information content (AvgIpc) is 2.67. The standard InChI is InChI=1S/C11H12ClN3O/c1-7-5-8(15-16-7)6-14-10-4-2-3-9(12)11(10)13/h2-5,14H,6,13H2,1H3. The normalized spacial score (nSPS) is 10.4. The Hall–Kier alpha value is -1.68. The van der Waals surface area contributed by atoms with Gasteiger partial charge in [-0.2, -0.15) is 0 Å². The molecule has 0 spiro atoms. The number of nitrogens with two attached hydrogens (primary N) is 1. The Morgan fingerprint density at radius 3 is 3.00 bits per heavy atom. The van der Waals surface area contributed by atoms with Crippen LogP contribution in [0, 0.1) is 6.92 Å². The second-order valence-corrected chi connectivity index (χ2v) is 3.89. The molecule has 0 saturated carbocycles. The molecule has 0 fully saturated rings. The van der Waals surface area contributed by atoms with Gasteiger partial charge in [0.25, 0.3) is 0 Å². The van der Waals surface area contributed by atoms with E-state index in [0.717, 1.165) is 17.1 Å². The maximum atomic E-state index is 5.90. The Morgan fingerprint density at radius 2 is 2.31 bits per heavy atom. The van der Waals surface area contributed by atoms with E-state index in [0.29, 0.717) is 17.3 Å². The molecule has 1 heterocycles. The van der Waals surface area contributed by atoms with Crippen LogP contribution in [-0.2, 0) is 6.54 Å². The largest absolute Gasteiger partial charge is 0.396 e. The number of rotatable bonds is 3. The van der Waals surface area contributed by atoms with Crippen molar-refractivity contribution in [1.82, 2.24) is 5.16 Å². The Morgan fingerprint density at radius 1 is 1.50 bits per heavy atom. The highest BCUT2D eigenvalue weighted by Crippen LogP contribution is 2.26. The fourth-order valence-corrected chi connectivity index (χ4v) is 1.55. The van der Waals surface area contributed by atoms with Crippen molar-refractivity contribution in [3.8, 4) is 0 Å². The van der Waals surface area contributed by atoms with Crippen LogP contribution in [0.3, 0.4) is 0 Å². The van der Waals surface area contributed by atoms with Crippen LogP contribution in [0.4, 0.5) is 11.4 Å². The summed E-state index contributed by atoms with van der Waals surface area (Å²) in [4.78, 5) is 0. The fourth-order valence-electron chi connectivity index (χ4n) is 1.38. The van der Waals surface area contributed by atoms with Crippen LogP contribution >= 0.6 is 11.6 Å². The number of para-hydroxylation sites is 1. The van der Waals surface area contributed by atoms with E-state index in [1.165, 1.54) is 0 Å². The van der Waals surface area contributed by atoms with Gasteiger partial charge in [0, 0.05) is 6.07 Å². The van der Waals surface area contributed by atoms with Gasteiger partial charge in [0.2, 0.25) is 0 Å². The quantitative estimate of drug-likeness (QED) is 0.806. The predicted molar refractivity (Wildman–Crippen MR) is 64.4 cm³/mol. The van der Waals surface area contributed by atoms with Crippen LogP contribution in [0.5, 0.6) is 0 Å². The second kappa shape index (κ2) is 4.45. The molecule has 0 aliphatic rings. The lowest BCUT2D eigenvalue weighted by molar-refractivity contribution is 0.391. The number of hydrogen-bond acceptors (Lipinski definition) is 4. The number of benzene rings is 1. The lowest BCUT2D eigenvalue weighted by atomic mass is 10.2. The minimum absolute atomic E-state index is 0.543. The molecule has 0 aliphatic carbocycles. The summed E-state index contributed by atoms with van der Waals surface area (Å²) in [5.41, 5.74) is 7.99. The second-order valence-electron chi connectivity index (χ2n) is 3.48. The van der Waals surface area contributed by atoms with Crippen LogP contribution in [0.2, 0.25) is 5.02 Å². The first-order valence-electron chi connectivity index (χ1n) is 4.87. The Balaban J connectivity index is 2.07. The maximum absolute atomic E-state index is 5.90. The molecular formula is C11H12ClN3O. The van der Waals surface area contributed by atoms with E-state index >= 15 is 0 Å². The van der Waals surface area contributed by atoms with Crippen molar-refractivity contribution >= 4 is 23.0 Å². The lowest BCUT2D eigenvalue weighted by Crippen LogP contribution is -2.02. The van der Waals surface area contributed by atoms with Gasteiger partial charge in [0.05, 0.1) is 22.9 Å². The van der Waals surface area contributed by atoms with Crippen molar-refractivity contribution in [3.63, 3.8) is 0 Å². The maximum Gasteiger partial charge on any atom is 0.133 e. The van der Waals surface area contributed by atoms with Crippen molar-refractivity contribution in [1.29, 1.82) is 0 Å². The lowest BCUT2D eigenvalue weighted by Gasteiger charge is -2.08. The van der Waals surface area contributed by atoms with Crippen LogP contribution < -0.4 is 11.1 Å². The first-order valence-corrected chi connectivity index (χ1v) is 5.24. The number of anilines is 2. The van der Waals surface area contributed by atoms with Crippen molar-refractivity contribution in [2.75, 3.05) is 11.1 Å².